The number of benzene rings is 2. The molecule has 2 aromatic rings. The third-order valence-electron chi connectivity index (χ3n) is 4.59. The first-order valence-electron chi connectivity index (χ1n) is 9.41. The van der Waals surface area contributed by atoms with Crippen molar-refractivity contribution in [3.05, 3.63) is 64.6 Å². The largest absolute Gasteiger partial charge is 0.497 e. The van der Waals surface area contributed by atoms with Crippen LogP contribution in [0, 0.1) is 0 Å². The van der Waals surface area contributed by atoms with E-state index >= 15 is 0 Å². The van der Waals surface area contributed by atoms with Crippen molar-refractivity contribution in [2.24, 2.45) is 0 Å². The molecule has 1 aliphatic heterocycles. The lowest BCUT2D eigenvalue weighted by atomic mass is 9.87. The molecule has 1 fully saturated rings. The molecule has 0 radical (unpaired) electrons. The van der Waals surface area contributed by atoms with Crippen LogP contribution in [0.4, 0.5) is 4.79 Å². The number of hydrogen-bond acceptors (Lipinski definition) is 5. The second-order valence-corrected chi connectivity index (χ2v) is 8.72. The van der Waals surface area contributed by atoms with Crippen molar-refractivity contribution in [1.29, 1.82) is 0 Å². The predicted molar refractivity (Wildman–Crippen MR) is 116 cm³/mol. The normalized spacial score (nSPS) is 15.9. The van der Waals surface area contributed by atoms with E-state index in [9.17, 15) is 9.59 Å². The van der Waals surface area contributed by atoms with Gasteiger partial charge in [0.25, 0.3) is 11.1 Å². The first-order chi connectivity index (χ1) is 13.8. The molecule has 0 N–H and O–H groups in total. The minimum atomic E-state index is -0.289. The molecule has 3 rings (SSSR count). The molecular formula is C23H25NO4S. The van der Waals surface area contributed by atoms with E-state index in [1.54, 1.807) is 13.2 Å². The van der Waals surface area contributed by atoms with Crippen LogP contribution >= 0.6 is 11.8 Å². The molecular weight excluding hydrogens is 386 g/mol. The Kier molecular flexibility index (Phi) is 6.33. The summed E-state index contributed by atoms with van der Waals surface area (Å²) >= 11 is 0.949. The Bertz CT molecular complexity index is 911. The molecule has 2 amide bonds. The summed E-state index contributed by atoms with van der Waals surface area (Å²) in [5.41, 5.74) is 2.14. The van der Waals surface area contributed by atoms with Crippen LogP contribution in [0.1, 0.15) is 31.9 Å². The van der Waals surface area contributed by atoms with Gasteiger partial charge in [0, 0.05) is 0 Å². The summed E-state index contributed by atoms with van der Waals surface area (Å²) in [4.78, 5) is 26.4. The third-order valence-corrected chi connectivity index (χ3v) is 5.50. The fourth-order valence-electron chi connectivity index (χ4n) is 2.85. The highest BCUT2D eigenvalue weighted by Gasteiger charge is 2.34. The first kappa shape index (κ1) is 21.0. The summed E-state index contributed by atoms with van der Waals surface area (Å²) in [6.07, 6.45) is 1.72. The Hall–Kier alpha value is -2.73. The summed E-state index contributed by atoms with van der Waals surface area (Å²) in [6.45, 7) is 6.93. The molecule has 0 atom stereocenters. The molecule has 6 heteroatoms. The highest BCUT2D eigenvalue weighted by atomic mass is 32.2. The molecule has 152 valence electrons. The number of rotatable bonds is 6. The van der Waals surface area contributed by atoms with Crippen molar-refractivity contribution in [1.82, 2.24) is 4.90 Å². The van der Waals surface area contributed by atoms with Crippen molar-refractivity contribution in [2.75, 3.05) is 20.3 Å². The number of carbonyl (C=O) groups is 2. The van der Waals surface area contributed by atoms with Gasteiger partial charge in [-0.05, 0) is 58.6 Å². The number of methoxy groups -OCH3 is 1. The van der Waals surface area contributed by atoms with Crippen molar-refractivity contribution in [3.63, 3.8) is 0 Å². The summed E-state index contributed by atoms with van der Waals surface area (Å²) in [5, 5.41) is -0.276. The number of nitrogens with zero attached hydrogens (tertiary/aromatic N) is 1. The second kappa shape index (κ2) is 8.74. The van der Waals surface area contributed by atoms with Crippen molar-refractivity contribution >= 4 is 29.0 Å². The van der Waals surface area contributed by atoms with Crippen LogP contribution in [-0.2, 0) is 10.2 Å². The lowest BCUT2D eigenvalue weighted by Crippen LogP contribution is -2.32. The number of carbonyl (C=O) groups excluding carboxylic acids is 2. The third kappa shape index (κ3) is 5.21. The lowest BCUT2D eigenvalue weighted by Gasteiger charge is -2.19. The van der Waals surface area contributed by atoms with E-state index in [-0.39, 0.29) is 29.7 Å². The van der Waals surface area contributed by atoms with Crippen molar-refractivity contribution in [3.8, 4) is 11.5 Å². The molecule has 1 saturated heterocycles. The molecule has 0 saturated carbocycles. The van der Waals surface area contributed by atoms with Crippen molar-refractivity contribution in [2.45, 2.75) is 26.2 Å². The van der Waals surface area contributed by atoms with Gasteiger partial charge >= 0.3 is 0 Å². The van der Waals surface area contributed by atoms with Gasteiger partial charge in [-0.25, -0.2) is 0 Å². The van der Waals surface area contributed by atoms with Gasteiger partial charge in [-0.3, -0.25) is 14.5 Å². The molecule has 0 bridgehead atoms. The van der Waals surface area contributed by atoms with Crippen molar-refractivity contribution < 1.29 is 19.1 Å². The number of hydrogen-bond donors (Lipinski definition) is 0. The van der Waals surface area contributed by atoms with E-state index < -0.39 is 0 Å². The van der Waals surface area contributed by atoms with E-state index in [1.807, 2.05) is 48.5 Å². The molecule has 1 aliphatic rings. The molecule has 0 aromatic heterocycles. The summed E-state index contributed by atoms with van der Waals surface area (Å²) in [6, 6.07) is 15.2. The summed E-state index contributed by atoms with van der Waals surface area (Å²) in [7, 11) is 1.60. The zero-order chi connectivity index (χ0) is 21.0. The second-order valence-electron chi connectivity index (χ2n) is 7.73. The van der Waals surface area contributed by atoms with E-state index in [4.69, 9.17) is 9.47 Å². The number of thioether (sulfide) groups is 1. The van der Waals surface area contributed by atoms with E-state index in [0.717, 1.165) is 28.8 Å². The highest BCUT2D eigenvalue weighted by molar-refractivity contribution is 8.18. The maximum Gasteiger partial charge on any atom is 0.293 e. The van der Waals surface area contributed by atoms with E-state index in [0.29, 0.717) is 4.91 Å². The maximum atomic E-state index is 12.6. The van der Waals surface area contributed by atoms with Gasteiger partial charge in [-0.1, -0.05) is 45.0 Å². The van der Waals surface area contributed by atoms with Gasteiger partial charge in [-0.15, -0.1) is 0 Å². The minimum absolute atomic E-state index is 0.0801. The summed E-state index contributed by atoms with van der Waals surface area (Å²) in [5.74, 6) is 1.17. The van der Waals surface area contributed by atoms with Crippen LogP contribution in [0.25, 0.3) is 6.08 Å². The Morgan fingerprint density at radius 3 is 2.17 bits per heavy atom. The minimum Gasteiger partial charge on any atom is -0.497 e. The topological polar surface area (TPSA) is 55.8 Å². The Labute approximate surface area is 175 Å². The first-order valence-corrected chi connectivity index (χ1v) is 10.2. The van der Waals surface area contributed by atoms with Crippen LogP contribution in [0.3, 0.4) is 0 Å². The summed E-state index contributed by atoms with van der Waals surface area (Å²) < 4.78 is 10.9. The van der Waals surface area contributed by atoms with Crippen LogP contribution in [-0.4, -0.2) is 36.3 Å². The average molecular weight is 412 g/mol. The molecule has 0 aliphatic carbocycles. The molecule has 1 heterocycles. The van der Waals surface area contributed by atoms with Gasteiger partial charge in [0.15, 0.2) is 0 Å². The van der Waals surface area contributed by atoms with Gasteiger partial charge in [-0.2, -0.15) is 0 Å². The molecule has 5 nitrogen and oxygen atoms in total. The molecule has 0 unspecified atom stereocenters. The van der Waals surface area contributed by atoms with Crippen LogP contribution < -0.4 is 9.47 Å². The smallest absolute Gasteiger partial charge is 0.293 e. The number of amides is 2. The monoisotopic (exact) mass is 411 g/mol. The van der Waals surface area contributed by atoms with Crippen LogP contribution in [0.15, 0.2) is 53.4 Å². The van der Waals surface area contributed by atoms with Gasteiger partial charge < -0.3 is 9.47 Å². The average Bonchev–Trinajstić information content (AvgIpc) is 2.95. The quantitative estimate of drug-likeness (QED) is 0.619. The van der Waals surface area contributed by atoms with E-state index in [2.05, 4.69) is 20.8 Å². The standard InChI is InChI=1S/C23H25NO4S/c1-23(2,3)17-7-11-19(12-8-17)28-14-13-24-21(25)20(29-22(24)26)15-16-5-9-18(27-4)10-6-16/h5-12,15H,13-14H2,1-4H3/b20-15+. The van der Waals surface area contributed by atoms with Crippen LogP contribution in [0.5, 0.6) is 11.5 Å². The Morgan fingerprint density at radius 1 is 0.966 bits per heavy atom. The van der Waals surface area contributed by atoms with Gasteiger partial charge in [0.2, 0.25) is 0 Å². The predicted octanol–water partition coefficient (Wildman–Crippen LogP) is 5.11. The van der Waals surface area contributed by atoms with Gasteiger partial charge in [0.1, 0.15) is 18.1 Å². The fraction of sp³-hybridized carbons (Fsp3) is 0.304. The molecule has 29 heavy (non-hydrogen) atoms. The SMILES string of the molecule is COc1ccc(/C=C2/SC(=O)N(CCOc3ccc(C(C)(C)C)cc3)C2=O)cc1. The van der Waals surface area contributed by atoms with Gasteiger partial charge in [0.05, 0.1) is 18.6 Å². The highest BCUT2D eigenvalue weighted by Crippen LogP contribution is 2.32. The number of ether oxygens (including phenoxy) is 2. The molecule has 0 spiro atoms. The fourth-order valence-corrected chi connectivity index (χ4v) is 3.72. The lowest BCUT2D eigenvalue weighted by molar-refractivity contribution is -0.123. The van der Waals surface area contributed by atoms with Crippen LogP contribution in [0.2, 0.25) is 0 Å². The maximum absolute atomic E-state index is 12.6. The van der Waals surface area contributed by atoms with E-state index in [1.165, 1.54) is 10.5 Å². The Balaban J connectivity index is 1.58. The molecule has 2 aromatic carbocycles. The zero-order valence-corrected chi connectivity index (χ0v) is 17.9. The number of imide groups is 1. The Morgan fingerprint density at radius 2 is 1.59 bits per heavy atom. The zero-order valence-electron chi connectivity index (χ0n) is 17.1.